The van der Waals surface area contributed by atoms with Gasteiger partial charge in [0.1, 0.15) is 0 Å². The fourth-order valence-electron chi connectivity index (χ4n) is 2.49. The Kier molecular flexibility index (Phi) is 7.24. The first-order valence-electron chi connectivity index (χ1n) is 8.76. The number of rotatable bonds is 8. The number of carbonyl (C=O) groups excluding carboxylic acids is 1. The third kappa shape index (κ3) is 5.58. The summed E-state index contributed by atoms with van der Waals surface area (Å²) < 4.78 is 38.5. The second-order valence-corrected chi connectivity index (χ2v) is 7.92. The molecule has 2 rings (SSSR count). The van der Waals surface area contributed by atoms with Crippen LogP contribution in [0.25, 0.3) is 0 Å². The number of carbonyl (C=O) groups is 1. The van der Waals surface area contributed by atoms with Crippen molar-refractivity contribution >= 4 is 15.9 Å². The van der Waals surface area contributed by atoms with Gasteiger partial charge in [0, 0.05) is 25.1 Å². The van der Waals surface area contributed by atoms with Gasteiger partial charge in [-0.1, -0.05) is 6.92 Å². The summed E-state index contributed by atoms with van der Waals surface area (Å²) >= 11 is 0. The average Bonchev–Trinajstić information content (AvgIpc) is 2.84. The number of amides is 1. The Morgan fingerprint density at radius 1 is 1.19 bits per heavy atom. The van der Waals surface area contributed by atoms with Crippen molar-refractivity contribution < 1.29 is 22.7 Å². The number of hydrogen-bond acceptors (Lipinski definition) is 6. The number of likely N-dealkylation sites (N-methyl/N-ethyl adjacent to an activating group) is 1. The molecule has 0 radical (unpaired) electrons. The lowest BCUT2D eigenvalue weighted by atomic mass is 10.3. The van der Waals surface area contributed by atoms with Gasteiger partial charge >= 0.3 is 0 Å². The Morgan fingerprint density at radius 2 is 1.88 bits per heavy atom. The Hall–Kier alpha value is -1.84. The van der Waals surface area contributed by atoms with Gasteiger partial charge in [-0.15, -0.1) is 0 Å². The second-order valence-electron chi connectivity index (χ2n) is 6.21. The molecule has 2 atom stereocenters. The number of hydrogen-bond donors (Lipinski definition) is 3. The highest BCUT2D eigenvalue weighted by Gasteiger charge is 2.24. The molecule has 0 bridgehead atoms. The fourth-order valence-corrected chi connectivity index (χ4v) is 3.71. The molecule has 26 heavy (non-hydrogen) atoms. The molecule has 1 unspecified atom stereocenters. The van der Waals surface area contributed by atoms with E-state index in [1.807, 2.05) is 13.8 Å². The molecular weight excluding hydrogens is 358 g/mol. The Balaban J connectivity index is 2.01. The summed E-state index contributed by atoms with van der Waals surface area (Å²) in [5.41, 5.74) is 0. The lowest BCUT2D eigenvalue weighted by Gasteiger charge is -2.17. The zero-order chi connectivity index (χ0) is 19.2. The highest BCUT2D eigenvalue weighted by Crippen LogP contribution is 2.31. The second kappa shape index (κ2) is 9.20. The Labute approximate surface area is 154 Å². The van der Waals surface area contributed by atoms with E-state index in [0.29, 0.717) is 31.3 Å². The van der Waals surface area contributed by atoms with E-state index in [-0.39, 0.29) is 16.8 Å². The van der Waals surface area contributed by atoms with E-state index in [0.717, 1.165) is 13.0 Å². The Morgan fingerprint density at radius 3 is 2.58 bits per heavy atom. The van der Waals surface area contributed by atoms with Gasteiger partial charge in [0.15, 0.2) is 11.5 Å². The SMILES string of the molecule is CCN[C@H](C)CNC(=O)C(C)NS(=O)(=O)c1ccc2c(c1)OCCCO2. The molecule has 146 valence electrons. The highest BCUT2D eigenvalue weighted by molar-refractivity contribution is 7.89. The predicted molar refractivity (Wildman–Crippen MR) is 98.0 cm³/mol. The first kappa shape index (κ1) is 20.5. The van der Waals surface area contributed by atoms with E-state index in [4.69, 9.17) is 9.47 Å². The summed E-state index contributed by atoms with van der Waals surface area (Å²) in [6.45, 7) is 7.63. The summed E-state index contributed by atoms with van der Waals surface area (Å²) in [6, 6.07) is 3.63. The van der Waals surface area contributed by atoms with Crippen LogP contribution in [-0.2, 0) is 14.8 Å². The first-order valence-corrected chi connectivity index (χ1v) is 10.2. The largest absolute Gasteiger partial charge is 0.490 e. The van der Waals surface area contributed by atoms with E-state index in [9.17, 15) is 13.2 Å². The minimum absolute atomic E-state index is 0.0300. The van der Waals surface area contributed by atoms with E-state index in [1.54, 1.807) is 6.07 Å². The van der Waals surface area contributed by atoms with Crippen LogP contribution in [0, 0.1) is 0 Å². The molecule has 1 aromatic carbocycles. The van der Waals surface area contributed by atoms with Crippen LogP contribution in [0.2, 0.25) is 0 Å². The molecule has 1 aliphatic rings. The summed E-state index contributed by atoms with van der Waals surface area (Å²) in [4.78, 5) is 12.2. The molecule has 3 N–H and O–H groups in total. The number of fused-ring (bicyclic) bond motifs is 1. The van der Waals surface area contributed by atoms with E-state index in [2.05, 4.69) is 15.4 Å². The molecule has 1 aliphatic heterocycles. The topological polar surface area (TPSA) is 106 Å². The van der Waals surface area contributed by atoms with Crippen molar-refractivity contribution in [3.8, 4) is 11.5 Å². The van der Waals surface area contributed by atoms with Crippen molar-refractivity contribution in [3.63, 3.8) is 0 Å². The normalized spacial score (nSPS) is 16.4. The molecule has 0 saturated carbocycles. The monoisotopic (exact) mass is 385 g/mol. The summed E-state index contributed by atoms with van der Waals surface area (Å²) in [5, 5.41) is 5.89. The van der Waals surface area contributed by atoms with Gasteiger partial charge in [0.05, 0.1) is 24.2 Å². The molecule has 1 heterocycles. The zero-order valence-corrected chi connectivity index (χ0v) is 16.2. The molecule has 9 heteroatoms. The number of ether oxygens (including phenoxy) is 2. The van der Waals surface area contributed by atoms with Crippen molar-refractivity contribution in [1.82, 2.24) is 15.4 Å². The van der Waals surface area contributed by atoms with Crippen LogP contribution in [0.4, 0.5) is 0 Å². The highest BCUT2D eigenvalue weighted by atomic mass is 32.2. The van der Waals surface area contributed by atoms with Gasteiger partial charge in [-0.05, 0) is 32.5 Å². The van der Waals surface area contributed by atoms with Crippen LogP contribution in [0.3, 0.4) is 0 Å². The Bertz CT molecular complexity index is 723. The van der Waals surface area contributed by atoms with Crippen molar-refractivity contribution in [2.24, 2.45) is 0 Å². The quantitative estimate of drug-likeness (QED) is 0.606. The maximum absolute atomic E-state index is 12.6. The number of benzene rings is 1. The lowest BCUT2D eigenvalue weighted by Crippen LogP contribution is -2.48. The molecule has 0 fully saturated rings. The van der Waals surface area contributed by atoms with Gasteiger partial charge in [-0.3, -0.25) is 4.79 Å². The van der Waals surface area contributed by atoms with Gasteiger partial charge in [-0.2, -0.15) is 4.72 Å². The minimum atomic E-state index is -3.86. The summed E-state index contributed by atoms with van der Waals surface area (Å²) in [5.74, 6) is 0.527. The zero-order valence-electron chi connectivity index (χ0n) is 15.4. The van der Waals surface area contributed by atoms with Crippen LogP contribution in [-0.4, -0.2) is 52.7 Å². The van der Waals surface area contributed by atoms with Crippen molar-refractivity contribution in [3.05, 3.63) is 18.2 Å². The third-order valence-electron chi connectivity index (χ3n) is 3.89. The molecule has 8 nitrogen and oxygen atoms in total. The number of nitrogens with one attached hydrogen (secondary N) is 3. The maximum Gasteiger partial charge on any atom is 0.241 e. The fraction of sp³-hybridized carbons (Fsp3) is 0.588. The minimum Gasteiger partial charge on any atom is -0.490 e. The summed E-state index contributed by atoms with van der Waals surface area (Å²) in [7, 11) is -3.86. The van der Waals surface area contributed by atoms with Crippen LogP contribution < -0.4 is 24.8 Å². The third-order valence-corrected chi connectivity index (χ3v) is 5.43. The van der Waals surface area contributed by atoms with Crippen LogP contribution in [0.15, 0.2) is 23.1 Å². The van der Waals surface area contributed by atoms with Crippen LogP contribution in [0.5, 0.6) is 11.5 Å². The van der Waals surface area contributed by atoms with E-state index < -0.39 is 16.1 Å². The molecule has 0 aromatic heterocycles. The van der Waals surface area contributed by atoms with Crippen molar-refractivity contribution in [2.45, 2.75) is 44.2 Å². The van der Waals surface area contributed by atoms with Gasteiger partial charge in [-0.25, -0.2) is 8.42 Å². The van der Waals surface area contributed by atoms with Gasteiger partial charge in [0.2, 0.25) is 15.9 Å². The summed E-state index contributed by atoms with van der Waals surface area (Å²) in [6.07, 6.45) is 0.734. The maximum atomic E-state index is 12.6. The number of sulfonamides is 1. The lowest BCUT2D eigenvalue weighted by molar-refractivity contribution is -0.122. The predicted octanol–water partition coefficient (Wildman–Crippen LogP) is 0.629. The van der Waals surface area contributed by atoms with Crippen LogP contribution >= 0.6 is 0 Å². The molecule has 1 amide bonds. The molecule has 1 aromatic rings. The van der Waals surface area contributed by atoms with Crippen molar-refractivity contribution in [1.29, 1.82) is 0 Å². The van der Waals surface area contributed by atoms with E-state index >= 15 is 0 Å². The van der Waals surface area contributed by atoms with Crippen LogP contribution in [0.1, 0.15) is 27.2 Å². The molecule has 0 aliphatic carbocycles. The standard InChI is InChI=1S/C17H27N3O5S/c1-4-18-12(2)11-19-17(21)13(3)20-26(22,23)14-6-7-15-16(10-14)25-9-5-8-24-15/h6-7,10,12-13,18,20H,4-5,8-9,11H2,1-3H3,(H,19,21)/t12-,13?/m1/s1. The smallest absolute Gasteiger partial charge is 0.241 e. The molecular formula is C17H27N3O5S. The van der Waals surface area contributed by atoms with E-state index in [1.165, 1.54) is 19.1 Å². The average molecular weight is 385 g/mol. The molecule has 0 spiro atoms. The molecule has 0 saturated heterocycles. The first-order chi connectivity index (χ1) is 12.3. The van der Waals surface area contributed by atoms with Crippen molar-refractivity contribution in [2.75, 3.05) is 26.3 Å². The van der Waals surface area contributed by atoms with Gasteiger partial charge in [0.25, 0.3) is 0 Å². The van der Waals surface area contributed by atoms with Gasteiger partial charge < -0.3 is 20.1 Å².